The number of unbranched alkanes of at least 4 members (excludes halogenated alkanes) is 3. The Bertz CT molecular complexity index is 2440. The van der Waals surface area contributed by atoms with Crippen LogP contribution in [0.15, 0.2) is 46.7 Å². The van der Waals surface area contributed by atoms with Crippen molar-refractivity contribution in [3.8, 4) is 0 Å². The summed E-state index contributed by atoms with van der Waals surface area (Å²) in [6.45, 7) is 13.6. The van der Waals surface area contributed by atoms with Crippen LogP contribution in [-0.2, 0) is 40.3 Å². The van der Waals surface area contributed by atoms with Crippen LogP contribution in [0.1, 0.15) is 144 Å². The van der Waals surface area contributed by atoms with Crippen molar-refractivity contribution in [2.24, 2.45) is 4.99 Å². The molecule has 0 radical (unpaired) electrons. The van der Waals surface area contributed by atoms with E-state index < -0.39 is 0 Å². The van der Waals surface area contributed by atoms with Gasteiger partial charge in [-0.25, -0.2) is 0 Å². The molecule has 0 spiro atoms. The number of esters is 1. The summed E-state index contributed by atoms with van der Waals surface area (Å²) >= 11 is 0. The van der Waals surface area contributed by atoms with E-state index in [-0.39, 0.29) is 49.4 Å². The Labute approximate surface area is 341 Å². The number of pyridine rings is 1. The summed E-state index contributed by atoms with van der Waals surface area (Å²) in [6.07, 6.45) is 13.2. The number of aliphatic imine (C=N–C) groups is 1. The highest BCUT2D eigenvalue weighted by molar-refractivity contribution is 6.22. The number of rotatable bonds is 14. The number of carbonyl (C=O) groups is 3. The van der Waals surface area contributed by atoms with Gasteiger partial charge in [0.1, 0.15) is 5.56 Å². The van der Waals surface area contributed by atoms with Gasteiger partial charge in [-0.2, -0.15) is 4.57 Å². The van der Waals surface area contributed by atoms with E-state index in [1.807, 2.05) is 6.92 Å². The molecule has 7 rings (SSSR count). The number of carbonyl (C=O) groups excluding carboxylic acids is 3. The zero-order valence-electron chi connectivity index (χ0n) is 35.5. The Balaban J connectivity index is 1.25. The number of hydrogen-bond donors (Lipinski definition) is 3. The summed E-state index contributed by atoms with van der Waals surface area (Å²) in [5, 5.41) is 1.74. The summed E-state index contributed by atoms with van der Waals surface area (Å²) in [5.41, 5.74) is 14.0. The molecule has 2 aliphatic heterocycles. The monoisotopic (exact) mass is 787 g/mol. The molecule has 11 nitrogen and oxygen atoms in total. The number of H-pyrrole nitrogens is 3. The van der Waals surface area contributed by atoms with E-state index in [9.17, 15) is 14.4 Å². The van der Waals surface area contributed by atoms with E-state index >= 15 is 0 Å². The first-order valence-corrected chi connectivity index (χ1v) is 21.0. The average molecular weight is 788 g/mol. The second kappa shape index (κ2) is 17.3. The average Bonchev–Trinajstić information content (AvgIpc) is 3.99. The molecular weight excluding hydrogens is 729 g/mol. The predicted octanol–water partition coefficient (Wildman–Crippen LogP) is 6.33. The van der Waals surface area contributed by atoms with E-state index in [2.05, 4.69) is 61.7 Å². The van der Waals surface area contributed by atoms with Crippen molar-refractivity contribution in [1.82, 2.24) is 19.9 Å². The SMILES string of the molecule is CCCCCCOC(C)c1cc2[nH]c1CC1N=C(/C=c3\[nH]c4c(c3C)C(=O)CC=4c3[nH]c(c(C)c3CCC(=O)OC[n+]3cccc(C(=O)N(C)C)c3)C2)C(CC)=C1C. The summed E-state index contributed by atoms with van der Waals surface area (Å²) in [6, 6.07) is 5.76. The highest BCUT2D eigenvalue weighted by Crippen LogP contribution is 2.34. The third-order valence-electron chi connectivity index (χ3n) is 12.2. The molecule has 0 aromatic carbocycles. The standard InChI is InChI=1S/C47H58N6O5/c1-9-11-12-13-19-57-30(6)35-20-32-21-37-28(4)34(16-17-43(55)58-26-53-18-14-15-31(25-53)47(56)52(7)8)45(50-37)36-22-42(54)44-29(5)39(51-46(36)44)24-40-33(10-2)27(3)38(49-40)23-41(35)48-32/h14-15,18,20,24-25,30,38,48H,9-13,16-17,19,21-23,26H2,1-8H3,(H-,49,50,51,54)/p+1. The fourth-order valence-corrected chi connectivity index (χ4v) is 8.88. The maximum Gasteiger partial charge on any atom is 0.310 e. The number of nitrogens with zero attached hydrogens (tertiary/aromatic N) is 3. The Morgan fingerprint density at radius 1 is 1.03 bits per heavy atom. The van der Waals surface area contributed by atoms with E-state index in [4.69, 9.17) is 14.5 Å². The highest BCUT2D eigenvalue weighted by atomic mass is 16.5. The minimum absolute atomic E-state index is 0.00459. The molecule has 3 N–H and O–H groups in total. The fraction of sp³-hybridized carbons (Fsp3) is 0.468. The van der Waals surface area contributed by atoms with Gasteiger partial charge >= 0.3 is 5.97 Å². The molecule has 11 heteroatoms. The maximum atomic E-state index is 13.8. The smallest absolute Gasteiger partial charge is 0.310 e. The van der Waals surface area contributed by atoms with Crippen LogP contribution in [0.4, 0.5) is 0 Å². The molecule has 4 aromatic heterocycles. The molecule has 3 aliphatic rings. The number of ketones is 1. The van der Waals surface area contributed by atoms with Crippen molar-refractivity contribution >= 4 is 35.0 Å². The number of hydrogen-bond acceptors (Lipinski definition) is 6. The van der Waals surface area contributed by atoms with Crippen LogP contribution < -0.4 is 15.3 Å². The Morgan fingerprint density at radius 3 is 2.60 bits per heavy atom. The molecule has 2 unspecified atom stereocenters. The second-order valence-electron chi connectivity index (χ2n) is 16.4. The van der Waals surface area contributed by atoms with Crippen molar-refractivity contribution < 1.29 is 28.4 Å². The Morgan fingerprint density at radius 2 is 1.84 bits per heavy atom. The van der Waals surface area contributed by atoms with Crippen molar-refractivity contribution in [3.05, 3.63) is 109 Å². The van der Waals surface area contributed by atoms with E-state index in [1.54, 1.807) is 43.2 Å². The minimum Gasteiger partial charge on any atom is -0.405 e. The number of aromatic nitrogens is 4. The molecule has 0 fully saturated rings. The minimum atomic E-state index is -0.350. The second-order valence-corrected chi connectivity index (χ2v) is 16.4. The first kappa shape index (κ1) is 40.9. The first-order valence-electron chi connectivity index (χ1n) is 21.0. The number of aromatic amines is 3. The molecular formula is C47H59N6O5+. The summed E-state index contributed by atoms with van der Waals surface area (Å²) in [4.78, 5) is 57.7. The van der Waals surface area contributed by atoms with Crippen molar-refractivity contribution in [3.63, 3.8) is 0 Å². The molecule has 2 atom stereocenters. The largest absolute Gasteiger partial charge is 0.405 e. The van der Waals surface area contributed by atoms with Crippen LogP contribution in [0.25, 0.3) is 11.6 Å². The van der Waals surface area contributed by atoms with Crippen LogP contribution in [0, 0.1) is 13.8 Å². The molecule has 306 valence electrons. The lowest BCUT2D eigenvalue weighted by Crippen LogP contribution is -2.37. The lowest BCUT2D eigenvalue weighted by Gasteiger charge is -2.16. The Hall–Kier alpha value is -5.29. The molecule has 58 heavy (non-hydrogen) atoms. The molecule has 6 heterocycles. The number of Topliss-reactive ketones (excluding diaryl/α,β-unsaturated/α-hetero) is 1. The topological polar surface area (TPSA) is 137 Å². The first-order chi connectivity index (χ1) is 27.9. The van der Waals surface area contributed by atoms with Gasteiger partial charge in [-0.3, -0.25) is 19.4 Å². The zero-order valence-corrected chi connectivity index (χ0v) is 35.5. The number of amides is 1. The van der Waals surface area contributed by atoms with Crippen molar-refractivity contribution in [2.75, 3.05) is 20.7 Å². The number of ether oxygens (including phenoxy) is 2. The lowest BCUT2D eigenvalue weighted by molar-refractivity contribution is -0.727. The quantitative estimate of drug-likeness (QED) is 0.0780. The van der Waals surface area contributed by atoms with Gasteiger partial charge in [-0.15, -0.1) is 0 Å². The van der Waals surface area contributed by atoms with E-state index in [0.29, 0.717) is 18.4 Å². The molecule has 8 bridgehead atoms. The number of fused-ring (bicyclic) bond motifs is 7. The van der Waals surface area contributed by atoms with Crippen LogP contribution in [0.2, 0.25) is 0 Å². The van der Waals surface area contributed by atoms with Gasteiger partial charge < -0.3 is 29.3 Å². The highest BCUT2D eigenvalue weighted by Gasteiger charge is 2.31. The molecule has 1 amide bonds. The van der Waals surface area contributed by atoms with Crippen LogP contribution in [-0.4, -0.2) is 70.0 Å². The van der Waals surface area contributed by atoms with E-state index in [0.717, 1.165) is 92.9 Å². The lowest BCUT2D eigenvalue weighted by atomic mass is 9.96. The summed E-state index contributed by atoms with van der Waals surface area (Å²) in [7, 11) is 3.41. The van der Waals surface area contributed by atoms with Gasteiger partial charge in [-0.1, -0.05) is 33.1 Å². The Kier molecular flexibility index (Phi) is 12.2. The molecule has 0 saturated heterocycles. The molecule has 4 aromatic rings. The van der Waals surface area contributed by atoms with Crippen LogP contribution in [0.5, 0.6) is 0 Å². The van der Waals surface area contributed by atoms with Crippen molar-refractivity contribution in [2.45, 2.75) is 125 Å². The summed E-state index contributed by atoms with van der Waals surface area (Å²) < 4.78 is 13.9. The fourth-order valence-electron chi connectivity index (χ4n) is 8.88. The van der Waals surface area contributed by atoms with Gasteiger partial charge in [0.2, 0.25) is 0 Å². The van der Waals surface area contributed by atoms with Gasteiger partial charge in [0.05, 0.1) is 23.2 Å². The predicted molar refractivity (Wildman–Crippen MR) is 225 cm³/mol. The number of nitrogens with one attached hydrogen (secondary N) is 3. The summed E-state index contributed by atoms with van der Waals surface area (Å²) in [5.74, 6) is -0.391. The zero-order chi connectivity index (χ0) is 41.2. The van der Waals surface area contributed by atoms with Crippen molar-refractivity contribution in [1.29, 1.82) is 0 Å². The van der Waals surface area contributed by atoms with Crippen LogP contribution >= 0.6 is 0 Å². The molecule has 1 aliphatic carbocycles. The van der Waals surface area contributed by atoms with Gasteiger partial charge in [0, 0.05) is 97.3 Å². The maximum absolute atomic E-state index is 13.8. The third kappa shape index (κ3) is 8.19. The van der Waals surface area contributed by atoms with E-state index in [1.165, 1.54) is 40.9 Å². The van der Waals surface area contributed by atoms with Gasteiger partial charge in [0.25, 0.3) is 12.6 Å². The number of allylic oxidation sites excluding steroid dienone is 1. The normalized spacial score (nSPS) is 17.1. The van der Waals surface area contributed by atoms with Gasteiger partial charge in [-0.05, 0) is 93.0 Å². The third-order valence-corrected chi connectivity index (χ3v) is 12.2. The van der Waals surface area contributed by atoms with Crippen LogP contribution in [0.3, 0.4) is 0 Å². The molecule has 0 saturated carbocycles. The van der Waals surface area contributed by atoms with Gasteiger partial charge in [0.15, 0.2) is 18.2 Å².